The van der Waals surface area contributed by atoms with Crippen molar-refractivity contribution in [2.45, 2.75) is 11.3 Å². The first kappa shape index (κ1) is 13.6. The van der Waals surface area contributed by atoms with Gasteiger partial charge in [0.1, 0.15) is 5.75 Å². The summed E-state index contributed by atoms with van der Waals surface area (Å²) >= 11 is 0. The van der Waals surface area contributed by atoms with Crippen molar-refractivity contribution in [3.05, 3.63) is 36.2 Å². The zero-order valence-electron chi connectivity index (χ0n) is 11.0. The van der Waals surface area contributed by atoms with E-state index in [9.17, 15) is 4.21 Å². The maximum atomic E-state index is 12.3. The van der Waals surface area contributed by atoms with Gasteiger partial charge in [0.25, 0.3) is 0 Å². The standard InChI is InChI=1S/C13H17N3O2S/c1-16-9-10(8-15-16)5-6-19(17)13-7-11(18-2)3-4-12(13)14/h3-4,7-9H,5-6,14H2,1-2H3. The lowest BCUT2D eigenvalue weighted by atomic mass is 10.3. The largest absolute Gasteiger partial charge is 0.497 e. The number of rotatable bonds is 5. The summed E-state index contributed by atoms with van der Waals surface area (Å²) in [6.07, 6.45) is 4.41. The number of ether oxygens (including phenoxy) is 1. The van der Waals surface area contributed by atoms with Gasteiger partial charge in [0, 0.05) is 24.7 Å². The molecule has 0 amide bonds. The second-order valence-electron chi connectivity index (χ2n) is 4.23. The van der Waals surface area contributed by atoms with Crippen LogP contribution in [0.2, 0.25) is 0 Å². The number of benzene rings is 1. The first-order valence-corrected chi connectivity index (χ1v) is 7.21. The molecule has 0 aliphatic carbocycles. The monoisotopic (exact) mass is 279 g/mol. The molecule has 1 aromatic heterocycles. The molecule has 2 N–H and O–H groups in total. The summed E-state index contributed by atoms with van der Waals surface area (Å²) in [4.78, 5) is 0.628. The Morgan fingerprint density at radius 2 is 2.26 bits per heavy atom. The molecular weight excluding hydrogens is 262 g/mol. The molecule has 6 heteroatoms. The Kier molecular flexibility index (Phi) is 4.21. The molecule has 0 fully saturated rings. The number of methoxy groups -OCH3 is 1. The minimum absolute atomic E-state index is 0.517. The van der Waals surface area contributed by atoms with Crippen LogP contribution in [0, 0.1) is 0 Å². The lowest BCUT2D eigenvalue weighted by molar-refractivity contribution is 0.413. The average molecular weight is 279 g/mol. The number of nitrogens with zero attached hydrogens (tertiary/aromatic N) is 2. The van der Waals surface area contributed by atoms with Gasteiger partial charge >= 0.3 is 0 Å². The van der Waals surface area contributed by atoms with Crippen molar-refractivity contribution in [1.29, 1.82) is 0 Å². The van der Waals surface area contributed by atoms with Gasteiger partial charge in [0.05, 0.1) is 29.0 Å². The van der Waals surface area contributed by atoms with E-state index in [1.807, 2.05) is 13.2 Å². The van der Waals surface area contributed by atoms with Crippen LogP contribution in [-0.2, 0) is 24.3 Å². The van der Waals surface area contributed by atoms with Crippen molar-refractivity contribution in [1.82, 2.24) is 9.78 Å². The van der Waals surface area contributed by atoms with Gasteiger partial charge in [0.15, 0.2) is 0 Å². The Labute approximate surface area is 114 Å². The van der Waals surface area contributed by atoms with Crippen LogP contribution >= 0.6 is 0 Å². The number of anilines is 1. The fourth-order valence-corrected chi connectivity index (χ4v) is 2.98. The van der Waals surface area contributed by atoms with Crippen molar-refractivity contribution in [2.75, 3.05) is 18.6 Å². The highest BCUT2D eigenvalue weighted by Crippen LogP contribution is 2.23. The summed E-state index contributed by atoms with van der Waals surface area (Å²) in [5.74, 6) is 1.18. The molecule has 0 bridgehead atoms. The van der Waals surface area contributed by atoms with Gasteiger partial charge in [-0.3, -0.25) is 8.89 Å². The molecule has 0 aliphatic rings. The van der Waals surface area contributed by atoms with E-state index in [0.717, 1.165) is 5.56 Å². The fourth-order valence-electron chi connectivity index (χ4n) is 1.76. The molecule has 2 rings (SSSR count). The van der Waals surface area contributed by atoms with Gasteiger partial charge in [-0.1, -0.05) is 0 Å². The minimum Gasteiger partial charge on any atom is -0.497 e. The van der Waals surface area contributed by atoms with Crippen LogP contribution < -0.4 is 10.5 Å². The predicted molar refractivity (Wildman–Crippen MR) is 75.6 cm³/mol. The van der Waals surface area contributed by atoms with E-state index in [1.54, 1.807) is 36.2 Å². The summed E-state index contributed by atoms with van der Waals surface area (Å²) in [6, 6.07) is 5.21. The quantitative estimate of drug-likeness (QED) is 0.839. The Bertz CT molecular complexity index is 595. The van der Waals surface area contributed by atoms with E-state index in [1.165, 1.54) is 0 Å². The summed E-state index contributed by atoms with van der Waals surface area (Å²) in [6.45, 7) is 0. The molecule has 102 valence electrons. The zero-order valence-corrected chi connectivity index (χ0v) is 11.8. The Morgan fingerprint density at radius 1 is 1.47 bits per heavy atom. The van der Waals surface area contributed by atoms with E-state index < -0.39 is 10.8 Å². The highest BCUT2D eigenvalue weighted by molar-refractivity contribution is 7.85. The van der Waals surface area contributed by atoms with Gasteiger partial charge in [-0.25, -0.2) is 0 Å². The molecule has 19 heavy (non-hydrogen) atoms. The van der Waals surface area contributed by atoms with Crippen molar-refractivity contribution < 1.29 is 8.95 Å². The maximum absolute atomic E-state index is 12.3. The molecule has 0 spiro atoms. The van der Waals surface area contributed by atoms with Crippen LogP contribution in [-0.4, -0.2) is 26.9 Å². The number of hydrogen-bond acceptors (Lipinski definition) is 4. The van der Waals surface area contributed by atoms with Gasteiger partial charge in [-0.2, -0.15) is 5.10 Å². The molecule has 0 aliphatic heterocycles. The third kappa shape index (κ3) is 3.35. The van der Waals surface area contributed by atoms with Crippen molar-refractivity contribution in [2.24, 2.45) is 7.05 Å². The molecule has 1 unspecified atom stereocenters. The molecule has 1 atom stereocenters. The molecule has 5 nitrogen and oxygen atoms in total. The van der Waals surface area contributed by atoms with Crippen LogP contribution in [0.25, 0.3) is 0 Å². The molecule has 0 saturated carbocycles. The van der Waals surface area contributed by atoms with Crippen LogP contribution in [0.3, 0.4) is 0 Å². The van der Waals surface area contributed by atoms with Crippen LogP contribution in [0.4, 0.5) is 5.69 Å². The van der Waals surface area contributed by atoms with E-state index in [4.69, 9.17) is 10.5 Å². The SMILES string of the molecule is COc1ccc(N)c(S(=O)CCc2cnn(C)c2)c1. The van der Waals surface area contributed by atoms with Gasteiger partial charge in [0.2, 0.25) is 0 Å². The van der Waals surface area contributed by atoms with E-state index in [0.29, 0.717) is 28.5 Å². The lowest BCUT2D eigenvalue weighted by Gasteiger charge is -2.07. The van der Waals surface area contributed by atoms with Gasteiger partial charge < -0.3 is 10.5 Å². The predicted octanol–water partition coefficient (Wildman–Crippen LogP) is 1.36. The van der Waals surface area contributed by atoms with Gasteiger partial charge in [-0.05, 0) is 30.2 Å². The van der Waals surface area contributed by atoms with Crippen molar-refractivity contribution >= 4 is 16.5 Å². The molecule has 0 radical (unpaired) electrons. The normalized spacial score (nSPS) is 12.3. The topological polar surface area (TPSA) is 70.1 Å². The zero-order chi connectivity index (χ0) is 13.8. The number of aromatic nitrogens is 2. The Morgan fingerprint density at radius 3 is 2.89 bits per heavy atom. The number of hydrogen-bond donors (Lipinski definition) is 1. The number of nitrogen functional groups attached to an aromatic ring is 1. The summed E-state index contributed by atoms with van der Waals surface area (Å²) in [5, 5.41) is 4.09. The fraction of sp³-hybridized carbons (Fsp3) is 0.308. The molecule has 1 heterocycles. The van der Waals surface area contributed by atoms with Crippen molar-refractivity contribution in [3.63, 3.8) is 0 Å². The first-order chi connectivity index (χ1) is 9.10. The van der Waals surface area contributed by atoms with Gasteiger partial charge in [-0.15, -0.1) is 0 Å². The number of aryl methyl sites for hydroxylation is 2. The second-order valence-corrected chi connectivity index (χ2v) is 5.76. The molecular formula is C13H17N3O2S. The maximum Gasteiger partial charge on any atom is 0.120 e. The lowest BCUT2D eigenvalue weighted by Crippen LogP contribution is -2.04. The Hall–Kier alpha value is -1.82. The third-order valence-electron chi connectivity index (χ3n) is 2.80. The van der Waals surface area contributed by atoms with Crippen LogP contribution in [0.1, 0.15) is 5.56 Å². The van der Waals surface area contributed by atoms with Crippen LogP contribution in [0.5, 0.6) is 5.75 Å². The first-order valence-electron chi connectivity index (χ1n) is 5.89. The smallest absolute Gasteiger partial charge is 0.120 e. The van der Waals surface area contributed by atoms with E-state index in [-0.39, 0.29) is 0 Å². The minimum atomic E-state index is -1.14. The number of nitrogens with two attached hydrogens (primary N) is 1. The Balaban J connectivity index is 2.07. The summed E-state index contributed by atoms with van der Waals surface area (Å²) < 4.78 is 19.1. The van der Waals surface area contributed by atoms with E-state index >= 15 is 0 Å². The summed E-state index contributed by atoms with van der Waals surface area (Å²) in [5.41, 5.74) is 7.45. The second kappa shape index (κ2) is 5.88. The average Bonchev–Trinajstić information content (AvgIpc) is 2.82. The molecule has 2 aromatic rings. The molecule has 1 aromatic carbocycles. The van der Waals surface area contributed by atoms with Crippen molar-refractivity contribution in [3.8, 4) is 5.75 Å². The van der Waals surface area contributed by atoms with E-state index in [2.05, 4.69) is 5.10 Å². The third-order valence-corrected chi connectivity index (χ3v) is 4.22. The van der Waals surface area contributed by atoms with Crippen LogP contribution in [0.15, 0.2) is 35.5 Å². The highest BCUT2D eigenvalue weighted by Gasteiger charge is 2.10. The summed E-state index contributed by atoms with van der Waals surface area (Å²) in [7, 11) is 2.30. The molecule has 0 saturated heterocycles. The highest BCUT2D eigenvalue weighted by atomic mass is 32.2.